The molecule has 4 fully saturated rings. The minimum absolute atomic E-state index is 0.0656. The quantitative estimate of drug-likeness (QED) is 0.531. The van der Waals surface area contributed by atoms with E-state index in [1.165, 1.54) is 18.2 Å². The molecule has 1 heterocycles. The molecule has 2 N–H and O–H groups in total. The van der Waals surface area contributed by atoms with Gasteiger partial charge in [0.05, 0.1) is 6.10 Å². The van der Waals surface area contributed by atoms with Gasteiger partial charge < -0.3 is 10.2 Å². The Morgan fingerprint density at radius 1 is 1.21 bits per heavy atom. The minimum atomic E-state index is -2.23. The van der Waals surface area contributed by atoms with E-state index in [4.69, 9.17) is 4.84 Å². The van der Waals surface area contributed by atoms with E-state index in [9.17, 15) is 19.8 Å². The summed E-state index contributed by atoms with van der Waals surface area (Å²) >= 11 is 1.65. The van der Waals surface area contributed by atoms with Crippen molar-refractivity contribution >= 4 is 23.5 Å². The van der Waals surface area contributed by atoms with Gasteiger partial charge in [-0.25, -0.2) is 13.6 Å². The van der Waals surface area contributed by atoms with Crippen LogP contribution in [-0.4, -0.2) is 69.4 Å². The maximum absolute atomic E-state index is 17.3. The van der Waals surface area contributed by atoms with Gasteiger partial charge in [-0.05, 0) is 62.0 Å². The van der Waals surface area contributed by atoms with Crippen molar-refractivity contribution in [3.63, 3.8) is 0 Å². The molecular weight excluding hydrogens is 512 g/mol. The van der Waals surface area contributed by atoms with Crippen LogP contribution >= 0.6 is 11.8 Å². The molecule has 38 heavy (non-hydrogen) atoms. The summed E-state index contributed by atoms with van der Waals surface area (Å²) in [6, 6.07) is 9.91. The van der Waals surface area contributed by atoms with Gasteiger partial charge in [0.1, 0.15) is 6.17 Å². The Hall–Kier alpha value is -2.07. The number of carbonyl (C=O) groups is 2. The summed E-state index contributed by atoms with van der Waals surface area (Å²) in [7, 11) is 0. The summed E-state index contributed by atoms with van der Waals surface area (Å²) in [6.07, 6.45) is 0.771. The SMILES string of the molecule is C[C@]12C=CC(=O)C=C1[C@@H](F)C[C@H]1[C@@H]3C[C@H]4CN(CCSc5ccccc5)O[C@@]4(C(=O)O)[C@@]3(C)C[C@H](O)[C@@]12F. The average Bonchev–Trinajstić information content (AvgIpc) is 3.36. The van der Waals surface area contributed by atoms with E-state index >= 15 is 8.78 Å². The van der Waals surface area contributed by atoms with Crippen LogP contribution in [0.15, 0.2) is 59.0 Å². The van der Waals surface area contributed by atoms with E-state index in [1.807, 2.05) is 30.3 Å². The summed E-state index contributed by atoms with van der Waals surface area (Å²) in [5.41, 5.74) is -6.38. The first-order valence-corrected chi connectivity index (χ1v) is 14.3. The van der Waals surface area contributed by atoms with Gasteiger partial charge in [0.15, 0.2) is 17.1 Å². The highest BCUT2D eigenvalue weighted by Gasteiger charge is 2.80. The molecule has 9 heteroatoms. The number of benzene rings is 1. The number of thioether (sulfide) groups is 1. The summed E-state index contributed by atoms with van der Waals surface area (Å²) in [4.78, 5) is 32.4. The number of hydroxylamine groups is 2. The second-order valence-corrected chi connectivity index (χ2v) is 13.1. The van der Waals surface area contributed by atoms with Crippen molar-refractivity contribution in [2.75, 3.05) is 18.8 Å². The molecule has 1 aromatic rings. The van der Waals surface area contributed by atoms with Crippen LogP contribution in [0.4, 0.5) is 8.78 Å². The van der Waals surface area contributed by atoms with Gasteiger partial charge in [-0.15, -0.1) is 11.8 Å². The van der Waals surface area contributed by atoms with E-state index in [-0.39, 0.29) is 18.4 Å². The predicted molar refractivity (Wildman–Crippen MR) is 138 cm³/mol. The monoisotopic (exact) mass is 545 g/mol. The number of aliphatic hydroxyl groups excluding tert-OH is 1. The van der Waals surface area contributed by atoms with Crippen LogP contribution in [0.1, 0.15) is 33.1 Å². The molecule has 0 radical (unpaired) electrons. The summed E-state index contributed by atoms with van der Waals surface area (Å²) in [6.45, 7) is 4.23. The summed E-state index contributed by atoms with van der Waals surface area (Å²) < 4.78 is 32.9. The fourth-order valence-electron chi connectivity index (χ4n) is 8.60. The van der Waals surface area contributed by atoms with Gasteiger partial charge in [-0.1, -0.05) is 31.2 Å². The number of aliphatic carboxylic acids is 1. The number of fused-ring (bicyclic) bond motifs is 7. The largest absolute Gasteiger partial charge is 0.479 e. The van der Waals surface area contributed by atoms with Gasteiger partial charge in [0.2, 0.25) is 0 Å². The van der Waals surface area contributed by atoms with Gasteiger partial charge in [0.25, 0.3) is 0 Å². The fraction of sp³-hybridized carbons (Fsp3) is 0.586. The lowest BCUT2D eigenvalue weighted by molar-refractivity contribution is -0.272. The Kier molecular flexibility index (Phi) is 6.00. The molecule has 0 spiro atoms. The second kappa shape index (κ2) is 8.71. The highest BCUT2D eigenvalue weighted by molar-refractivity contribution is 7.99. The highest BCUT2D eigenvalue weighted by Crippen LogP contribution is 2.72. The molecule has 6 rings (SSSR count). The van der Waals surface area contributed by atoms with E-state index in [2.05, 4.69) is 0 Å². The fourth-order valence-corrected chi connectivity index (χ4v) is 9.48. The Balaban J connectivity index is 1.30. The molecule has 6 nitrogen and oxygen atoms in total. The topological polar surface area (TPSA) is 87.1 Å². The first-order chi connectivity index (χ1) is 18.0. The van der Waals surface area contributed by atoms with Crippen molar-refractivity contribution < 1.29 is 33.4 Å². The number of nitrogens with zero attached hydrogens (tertiary/aromatic N) is 1. The van der Waals surface area contributed by atoms with E-state index in [1.54, 1.807) is 30.7 Å². The highest BCUT2D eigenvalue weighted by atomic mass is 32.2. The Morgan fingerprint density at radius 3 is 2.66 bits per heavy atom. The van der Waals surface area contributed by atoms with Crippen molar-refractivity contribution in [3.05, 3.63) is 54.1 Å². The van der Waals surface area contributed by atoms with E-state index in [0.717, 1.165) is 4.90 Å². The third-order valence-electron chi connectivity index (χ3n) is 10.3. The maximum atomic E-state index is 17.3. The number of hydrogen-bond donors (Lipinski definition) is 2. The van der Waals surface area contributed by atoms with Gasteiger partial charge in [-0.2, -0.15) is 5.06 Å². The first kappa shape index (κ1) is 26.2. The Morgan fingerprint density at radius 2 is 1.95 bits per heavy atom. The van der Waals surface area contributed by atoms with Crippen LogP contribution in [0.5, 0.6) is 0 Å². The van der Waals surface area contributed by atoms with Crippen LogP contribution in [0.25, 0.3) is 0 Å². The Labute approximate surface area is 225 Å². The Bertz CT molecular complexity index is 1230. The van der Waals surface area contributed by atoms with Crippen LogP contribution in [0.2, 0.25) is 0 Å². The molecule has 0 unspecified atom stereocenters. The van der Waals surface area contributed by atoms with E-state index < -0.39 is 63.9 Å². The zero-order chi connectivity index (χ0) is 27.1. The zero-order valence-corrected chi connectivity index (χ0v) is 22.3. The third kappa shape index (κ3) is 3.28. The standard InChI is InChI=1S/C29H33F2NO5S/c1-26-9-8-18(33)13-22(26)23(30)14-21-20-12-17-16-32(10-11-38-19-6-4-3-5-7-19)37-29(17,25(35)36)27(20,2)15-24(34)28(21,26)31/h3-9,13,17,20-21,23-24,34H,10-12,14-16H2,1-2H3,(H,35,36)/t17-,20-,21-,23-,24-,26-,27-,28-,29-/m0/s1. The van der Waals surface area contributed by atoms with Crippen LogP contribution in [0, 0.1) is 28.6 Å². The number of alkyl halides is 2. The molecule has 1 aromatic carbocycles. The van der Waals surface area contributed by atoms with Crippen molar-refractivity contribution in [2.45, 2.75) is 61.6 Å². The molecule has 0 aromatic heterocycles. The van der Waals surface area contributed by atoms with Crippen LogP contribution in [0.3, 0.4) is 0 Å². The first-order valence-electron chi connectivity index (χ1n) is 13.3. The number of allylic oxidation sites excluding steroid dienone is 4. The molecule has 3 saturated carbocycles. The van der Waals surface area contributed by atoms with Crippen molar-refractivity contribution in [1.82, 2.24) is 5.06 Å². The maximum Gasteiger partial charge on any atom is 0.339 e. The number of hydrogen-bond acceptors (Lipinski definition) is 6. The molecule has 1 saturated heterocycles. The molecular formula is C29H33F2NO5S. The lowest BCUT2D eigenvalue weighted by Crippen LogP contribution is -2.70. The van der Waals surface area contributed by atoms with Gasteiger partial charge in [0, 0.05) is 46.4 Å². The third-order valence-corrected chi connectivity index (χ3v) is 11.3. The number of ketones is 1. The average molecular weight is 546 g/mol. The number of halogens is 2. The molecule has 0 amide bonds. The molecule has 1 aliphatic heterocycles. The normalized spacial score (nSPS) is 45.7. The van der Waals surface area contributed by atoms with Crippen molar-refractivity contribution in [2.24, 2.45) is 28.6 Å². The lowest BCUT2D eigenvalue weighted by Gasteiger charge is -2.63. The lowest BCUT2D eigenvalue weighted by atomic mass is 9.44. The number of aliphatic hydroxyl groups is 1. The molecule has 204 valence electrons. The predicted octanol–water partition coefficient (Wildman–Crippen LogP) is 4.39. The summed E-state index contributed by atoms with van der Waals surface area (Å²) in [5.74, 6) is -2.65. The molecule has 0 bridgehead atoms. The van der Waals surface area contributed by atoms with Crippen LogP contribution < -0.4 is 0 Å². The molecule has 4 aliphatic carbocycles. The van der Waals surface area contributed by atoms with Crippen molar-refractivity contribution in [1.29, 1.82) is 0 Å². The van der Waals surface area contributed by atoms with Gasteiger partial charge in [-0.3, -0.25) is 9.63 Å². The number of rotatable bonds is 5. The summed E-state index contributed by atoms with van der Waals surface area (Å²) in [5, 5.41) is 23.8. The number of carboxylic acids is 1. The molecule has 9 atom stereocenters. The minimum Gasteiger partial charge on any atom is -0.479 e. The smallest absolute Gasteiger partial charge is 0.339 e. The van der Waals surface area contributed by atoms with E-state index in [0.29, 0.717) is 25.3 Å². The number of carbonyl (C=O) groups excluding carboxylic acids is 1. The second-order valence-electron chi connectivity index (χ2n) is 12.0. The van der Waals surface area contributed by atoms with Gasteiger partial charge >= 0.3 is 5.97 Å². The van der Waals surface area contributed by atoms with Crippen molar-refractivity contribution in [3.8, 4) is 0 Å². The molecule has 5 aliphatic rings. The number of carboxylic acid groups (broad SMARTS) is 1. The zero-order valence-electron chi connectivity index (χ0n) is 21.5. The van der Waals surface area contributed by atoms with Crippen LogP contribution in [-0.2, 0) is 14.4 Å².